The summed E-state index contributed by atoms with van der Waals surface area (Å²) in [6.45, 7) is 1.92. The van der Waals surface area contributed by atoms with Crippen molar-refractivity contribution in [3.63, 3.8) is 0 Å². The molecule has 0 fully saturated rings. The Morgan fingerprint density at radius 1 is 1.12 bits per heavy atom. The fourth-order valence-electron chi connectivity index (χ4n) is 2.24. The molecule has 0 aliphatic carbocycles. The summed E-state index contributed by atoms with van der Waals surface area (Å²) >= 11 is 1.25. The standard InChI is InChI=1S/C16H14N4O5S/c1-2-12-18-19-16(26-12)17-11(21)7-8-13(22)25-20-14(23)9-5-3-4-6-10(9)15(20)24/h3-6H,2,7-8H2,1H3,(H,17,19,21). The Morgan fingerprint density at radius 2 is 1.77 bits per heavy atom. The van der Waals surface area contributed by atoms with Crippen molar-refractivity contribution in [2.75, 3.05) is 5.32 Å². The third kappa shape index (κ3) is 3.59. The molecule has 0 unspecified atom stereocenters. The molecule has 1 N–H and O–H groups in total. The fraction of sp³-hybridized carbons (Fsp3) is 0.250. The number of hydrogen-bond donors (Lipinski definition) is 1. The van der Waals surface area contributed by atoms with Crippen molar-refractivity contribution in [2.24, 2.45) is 0 Å². The lowest BCUT2D eigenvalue weighted by Crippen LogP contribution is -2.32. The van der Waals surface area contributed by atoms with Crippen LogP contribution < -0.4 is 5.32 Å². The maximum atomic E-state index is 12.1. The van der Waals surface area contributed by atoms with Gasteiger partial charge in [-0.05, 0) is 18.6 Å². The molecule has 3 amide bonds. The van der Waals surface area contributed by atoms with Gasteiger partial charge < -0.3 is 10.2 Å². The Hall–Kier alpha value is -3.14. The van der Waals surface area contributed by atoms with Gasteiger partial charge in [0.15, 0.2) is 0 Å². The van der Waals surface area contributed by atoms with Crippen molar-refractivity contribution in [2.45, 2.75) is 26.2 Å². The van der Waals surface area contributed by atoms with E-state index < -0.39 is 23.7 Å². The van der Waals surface area contributed by atoms with Crippen molar-refractivity contribution in [3.8, 4) is 0 Å². The van der Waals surface area contributed by atoms with E-state index in [0.29, 0.717) is 16.6 Å². The van der Waals surface area contributed by atoms with E-state index in [4.69, 9.17) is 4.84 Å². The number of hydroxylamine groups is 2. The molecule has 0 spiro atoms. The number of carbonyl (C=O) groups excluding carboxylic acids is 4. The van der Waals surface area contributed by atoms with Crippen LogP contribution in [0.4, 0.5) is 5.13 Å². The molecular weight excluding hydrogens is 360 g/mol. The second-order valence-electron chi connectivity index (χ2n) is 5.32. The quantitative estimate of drug-likeness (QED) is 0.762. The van der Waals surface area contributed by atoms with Crippen LogP contribution in [0.3, 0.4) is 0 Å². The van der Waals surface area contributed by atoms with Crippen LogP contribution in [0, 0.1) is 0 Å². The second-order valence-corrected chi connectivity index (χ2v) is 6.38. The highest BCUT2D eigenvalue weighted by Gasteiger charge is 2.38. The van der Waals surface area contributed by atoms with E-state index in [-0.39, 0.29) is 24.0 Å². The van der Waals surface area contributed by atoms with Gasteiger partial charge in [-0.25, -0.2) is 4.79 Å². The van der Waals surface area contributed by atoms with Gasteiger partial charge >= 0.3 is 5.97 Å². The molecule has 2 aromatic rings. The van der Waals surface area contributed by atoms with Gasteiger partial charge in [0.05, 0.1) is 17.5 Å². The predicted octanol–water partition coefficient (Wildman–Crippen LogP) is 1.57. The molecule has 0 saturated carbocycles. The zero-order chi connectivity index (χ0) is 18.7. The van der Waals surface area contributed by atoms with E-state index in [9.17, 15) is 19.2 Å². The lowest BCUT2D eigenvalue weighted by atomic mass is 10.1. The summed E-state index contributed by atoms with van der Waals surface area (Å²) in [5, 5.41) is 11.7. The van der Waals surface area contributed by atoms with Crippen LogP contribution in [0.25, 0.3) is 0 Å². The molecular formula is C16H14N4O5S. The number of nitrogens with zero attached hydrogens (tertiary/aromatic N) is 3. The van der Waals surface area contributed by atoms with Gasteiger partial charge in [0.1, 0.15) is 5.01 Å². The minimum absolute atomic E-state index is 0.172. The summed E-state index contributed by atoms with van der Waals surface area (Å²) < 4.78 is 0. The molecule has 1 aromatic carbocycles. The number of nitrogens with one attached hydrogen (secondary N) is 1. The van der Waals surface area contributed by atoms with Crippen molar-refractivity contribution in [1.29, 1.82) is 0 Å². The first kappa shape index (κ1) is 17.7. The predicted molar refractivity (Wildman–Crippen MR) is 90.2 cm³/mol. The van der Waals surface area contributed by atoms with E-state index in [0.717, 1.165) is 5.01 Å². The molecule has 1 aliphatic heterocycles. The smallest absolute Gasteiger partial charge is 0.330 e. The molecule has 1 aromatic heterocycles. The lowest BCUT2D eigenvalue weighted by Gasteiger charge is -2.12. The van der Waals surface area contributed by atoms with Gasteiger partial charge in [0, 0.05) is 6.42 Å². The van der Waals surface area contributed by atoms with Gasteiger partial charge in [-0.1, -0.05) is 35.5 Å². The molecule has 10 heteroatoms. The topological polar surface area (TPSA) is 119 Å². The number of imide groups is 1. The first-order valence-electron chi connectivity index (χ1n) is 7.80. The summed E-state index contributed by atoms with van der Waals surface area (Å²) in [4.78, 5) is 52.7. The van der Waals surface area contributed by atoms with Crippen LogP contribution in [0.5, 0.6) is 0 Å². The van der Waals surface area contributed by atoms with E-state index >= 15 is 0 Å². The monoisotopic (exact) mass is 374 g/mol. The minimum Gasteiger partial charge on any atom is -0.330 e. The average molecular weight is 374 g/mol. The third-order valence-corrected chi connectivity index (χ3v) is 4.50. The number of hydrogen-bond acceptors (Lipinski definition) is 8. The van der Waals surface area contributed by atoms with Crippen molar-refractivity contribution in [3.05, 3.63) is 40.4 Å². The van der Waals surface area contributed by atoms with Crippen LogP contribution in [0.1, 0.15) is 45.5 Å². The van der Waals surface area contributed by atoms with Gasteiger partial charge in [0.25, 0.3) is 11.8 Å². The Kier molecular flexibility index (Phi) is 5.03. The Bertz CT molecular complexity index is 859. The highest BCUT2D eigenvalue weighted by molar-refractivity contribution is 7.15. The lowest BCUT2D eigenvalue weighted by molar-refractivity contribution is -0.168. The molecule has 26 heavy (non-hydrogen) atoms. The number of aryl methyl sites for hydroxylation is 1. The average Bonchev–Trinajstić information content (AvgIpc) is 3.19. The Morgan fingerprint density at radius 3 is 2.35 bits per heavy atom. The van der Waals surface area contributed by atoms with E-state index in [2.05, 4.69) is 15.5 Å². The molecule has 0 bridgehead atoms. The molecule has 9 nitrogen and oxygen atoms in total. The number of rotatable bonds is 6. The van der Waals surface area contributed by atoms with Crippen LogP contribution >= 0.6 is 11.3 Å². The van der Waals surface area contributed by atoms with Crippen molar-refractivity contribution in [1.82, 2.24) is 15.3 Å². The summed E-state index contributed by atoms with van der Waals surface area (Å²) in [5.74, 6) is -2.71. The molecule has 1 aliphatic rings. The highest BCUT2D eigenvalue weighted by Crippen LogP contribution is 2.23. The Balaban J connectivity index is 1.51. The fourth-order valence-corrected chi connectivity index (χ4v) is 2.94. The molecule has 0 radical (unpaired) electrons. The summed E-state index contributed by atoms with van der Waals surface area (Å²) in [5.41, 5.74) is 0.345. The zero-order valence-corrected chi connectivity index (χ0v) is 14.5. The molecule has 0 saturated heterocycles. The molecule has 2 heterocycles. The molecule has 3 rings (SSSR count). The number of benzene rings is 1. The highest BCUT2D eigenvalue weighted by atomic mass is 32.1. The number of fused-ring (bicyclic) bond motifs is 1. The third-order valence-electron chi connectivity index (χ3n) is 3.52. The zero-order valence-electron chi connectivity index (χ0n) is 13.7. The first-order chi connectivity index (χ1) is 12.5. The van der Waals surface area contributed by atoms with Gasteiger partial charge in [0.2, 0.25) is 11.0 Å². The number of amides is 3. The van der Waals surface area contributed by atoms with E-state index in [1.807, 2.05) is 6.92 Å². The second kappa shape index (κ2) is 7.40. The van der Waals surface area contributed by atoms with Crippen molar-refractivity contribution >= 4 is 40.2 Å². The van der Waals surface area contributed by atoms with E-state index in [1.165, 1.54) is 23.5 Å². The molecule has 0 atom stereocenters. The van der Waals surface area contributed by atoms with E-state index in [1.54, 1.807) is 12.1 Å². The van der Waals surface area contributed by atoms with Crippen LogP contribution in [-0.4, -0.2) is 39.0 Å². The summed E-state index contributed by atoms with van der Waals surface area (Å²) in [6.07, 6.45) is 0.238. The number of anilines is 1. The molecule has 134 valence electrons. The Labute approximate surface area is 151 Å². The number of carbonyl (C=O) groups is 4. The van der Waals surface area contributed by atoms with Crippen LogP contribution in [0.15, 0.2) is 24.3 Å². The van der Waals surface area contributed by atoms with Crippen molar-refractivity contribution < 1.29 is 24.0 Å². The number of aromatic nitrogens is 2. The summed E-state index contributed by atoms with van der Waals surface area (Å²) in [6, 6.07) is 6.17. The normalized spacial score (nSPS) is 12.9. The van der Waals surface area contributed by atoms with Gasteiger partial charge in [-0.3, -0.25) is 14.4 Å². The van der Waals surface area contributed by atoms with Crippen LogP contribution in [0.2, 0.25) is 0 Å². The SMILES string of the molecule is CCc1nnc(NC(=O)CCC(=O)ON2C(=O)c3ccccc3C2=O)s1. The van der Waals surface area contributed by atoms with Gasteiger partial charge in [-0.2, -0.15) is 0 Å². The first-order valence-corrected chi connectivity index (χ1v) is 8.62. The largest absolute Gasteiger partial charge is 0.333 e. The maximum absolute atomic E-state index is 12.1. The van der Waals surface area contributed by atoms with Crippen LogP contribution in [-0.2, 0) is 20.8 Å². The summed E-state index contributed by atoms with van der Waals surface area (Å²) in [7, 11) is 0. The van der Waals surface area contributed by atoms with Gasteiger partial charge in [-0.15, -0.1) is 10.2 Å². The maximum Gasteiger partial charge on any atom is 0.333 e. The minimum atomic E-state index is -0.860.